The van der Waals surface area contributed by atoms with E-state index in [9.17, 15) is 9.59 Å². The second-order valence-electron chi connectivity index (χ2n) is 11.8. The van der Waals surface area contributed by atoms with E-state index in [4.69, 9.17) is 5.41 Å². The van der Waals surface area contributed by atoms with Crippen LogP contribution in [-0.4, -0.2) is 72.6 Å². The van der Waals surface area contributed by atoms with Crippen LogP contribution in [-0.2, 0) is 13.1 Å². The first-order valence-electron chi connectivity index (χ1n) is 15.3. The smallest absolute Gasteiger partial charge is 0.252 e. The molecule has 1 aliphatic carbocycles. The van der Waals surface area contributed by atoms with Crippen LogP contribution in [0.5, 0.6) is 0 Å². The summed E-state index contributed by atoms with van der Waals surface area (Å²) in [5, 5.41) is 14.0. The average Bonchev–Trinajstić information content (AvgIpc) is 3.49. The van der Waals surface area contributed by atoms with Crippen LogP contribution in [0.1, 0.15) is 90.5 Å². The van der Waals surface area contributed by atoms with Crippen LogP contribution in [0.25, 0.3) is 0 Å². The Balaban J connectivity index is 0.000000201. The van der Waals surface area contributed by atoms with Gasteiger partial charge in [-0.15, -0.1) is 0 Å². The number of anilines is 1. The van der Waals surface area contributed by atoms with E-state index in [0.717, 1.165) is 53.4 Å². The molecule has 3 heterocycles. The Hall–Kier alpha value is -2.33. The molecular formula is C32H47BrN6O2. The van der Waals surface area contributed by atoms with Gasteiger partial charge in [-0.1, -0.05) is 35.2 Å². The molecular weight excluding hydrogens is 580 g/mol. The van der Waals surface area contributed by atoms with Crippen LogP contribution in [0.2, 0.25) is 0 Å². The summed E-state index contributed by atoms with van der Waals surface area (Å²) in [5.74, 6) is 0. The molecule has 9 heteroatoms. The number of H-pyrrole nitrogens is 1. The molecule has 2 aromatic rings. The number of aldehydes is 1. The van der Waals surface area contributed by atoms with Crippen molar-refractivity contribution in [1.82, 2.24) is 20.1 Å². The second kappa shape index (κ2) is 15.8. The quantitative estimate of drug-likeness (QED) is 0.217. The van der Waals surface area contributed by atoms with Crippen LogP contribution in [0.3, 0.4) is 0 Å². The molecule has 1 saturated carbocycles. The van der Waals surface area contributed by atoms with E-state index in [2.05, 4.69) is 47.4 Å². The summed E-state index contributed by atoms with van der Waals surface area (Å²) < 4.78 is 0.866. The van der Waals surface area contributed by atoms with Gasteiger partial charge in [0.1, 0.15) is 0 Å². The molecule has 3 fully saturated rings. The lowest BCUT2D eigenvalue weighted by Gasteiger charge is -2.40. The van der Waals surface area contributed by atoms with Gasteiger partial charge in [0, 0.05) is 63.9 Å². The standard InChI is InChI=1S/C19H32N4O.C13H15BrN2O/c1-15-12-16(18(13-20-2)19(24)21-15)14-22-10-6-17(7-11-22)23-8-4-3-5-9-23;14-10-5-9(8-17)12(7-15)13(6-10)16-11-3-1-2-4-11/h12,17,20H,3-11,13-14H2,1-2H3,(H,21,24);5-8,11,15-16H,1-4H2. The normalized spacial score (nSPS) is 19.0. The first-order valence-corrected chi connectivity index (χ1v) is 16.1. The van der Waals surface area contributed by atoms with Gasteiger partial charge in [-0.25, -0.2) is 0 Å². The number of aryl methyl sites for hydroxylation is 1. The molecule has 0 spiro atoms. The van der Waals surface area contributed by atoms with Gasteiger partial charge in [-0.05, 0) is 102 Å². The van der Waals surface area contributed by atoms with Crippen molar-refractivity contribution in [2.24, 2.45) is 0 Å². The van der Waals surface area contributed by atoms with E-state index < -0.39 is 0 Å². The van der Waals surface area contributed by atoms with E-state index in [-0.39, 0.29) is 5.56 Å². The predicted octanol–water partition coefficient (Wildman–Crippen LogP) is 5.47. The second-order valence-corrected chi connectivity index (χ2v) is 12.7. The first-order chi connectivity index (χ1) is 19.9. The third kappa shape index (κ3) is 8.83. The largest absolute Gasteiger partial charge is 0.382 e. The maximum absolute atomic E-state index is 12.2. The third-order valence-corrected chi connectivity index (χ3v) is 9.20. The van der Waals surface area contributed by atoms with Crippen molar-refractivity contribution in [2.75, 3.05) is 38.5 Å². The molecule has 0 amide bonds. The number of hydrogen-bond donors (Lipinski definition) is 4. The molecule has 5 rings (SSSR count). The van der Waals surface area contributed by atoms with Crippen LogP contribution in [0.4, 0.5) is 5.69 Å². The molecule has 0 radical (unpaired) electrons. The maximum Gasteiger partial charge on any atom is 0.252 e. The number of carbonyl (C=O) groups excluding carboxylic acids is 1. The number of benzene rings is 1. The number of aromatic amines is 1. The lowest BCUT2D eigenvalue weighted by atomic mass is 9.99. The first kappa shape index (κ1) is 31.6. The van der Waals surface area contributed by atoms with Crippen molar-refractivity contribution in [3.63, 3.8) is 0 Å². The van der Waals surface area contributed by atoms with Crippen molar-refractivity contribution < 1.29 is 4.79 Å². The minimum absolute atomic E-state index is 0.0579. The zero-order chi connectivity index (χ0) is 29.2. The SMILES string of the molecule is CNCc1c(CN2CCC(N3CCCCC3)CC2)cc(C)[nH]c1=O.N=Cc1c(C=O)cc(Br)cc1NC1CCCC1. The summed E-state index contributed by atoms with van der Waals surface area (Å²) in [6.45, 7) is 8.38. The fourth-order valence-corrected chi connectivity index (χ4v) is 7.05. The topological polar surface area (TPSA) is 104 Å². The number of aromatic nitrogens is 1. The van der Waals surface area contributed by atoms with Crippen molar-refractivity contribution >= 4 is 34.1 Å². The van der Waals surface area contributed by atoms with Crippen LogP contribution >= 0.6 is 15.9 Å². The number of hydrogen-bond acceptors (Lipinski definition) is 7. The fourth-order valence-electron chi connectivity index (χ4n) is 6.57. The molecule has 4 N–H and O–H groups in total. The molecule has 1 aromatic heterocycles. The van der Waals surface area contributed by atoms with E-state index >= 15 is 0 Å². The van der Waals surface area contributed by atoms with Gasteiger partial charge in [0.15, 0.2) is 6.29 Å². The number of nitrogens with zero attached hydrogens (tertiary/aromatic N) is 2. The molecule has 0 bridgehead atoms. The molecule has 0 unspecified atom stereocenters. The van der Waals surface area contributed by atoms with Crippen molar-refractivity contribution in [3.8, 4) is 0 Å². The highest BCUT2D eigenvalue weighted by Gasteiger charge is 2.26. The van der Waals surface area contributed by atoms with Gasteiger partial charge in [0.25, 0.3) is 5.56 Å². The van der Waals surface area contributed by atoms with Gasteiger partial charge in [-0.3, -0.25) is 14.5 Å². The molecule has 224 valence electrons. The van der Waals surface area contributed by atoms with Gasteiger partial charge < -0.3 is 25.9 Å². The van der Waals surface area contributed by atoms with Crippen LogP contribution in [0.15, 0.2) is 27.5 Å². The number of piperidine rings is 2. The summed E-state index contributed by atoms with van der Waals surface area (Å²) >= 11 is 3.39. The van der Waals surface area contributed by atoms with E-state index in [1.807, 2.05) is 20.0 Å². The monoisotopic (exact) mass is 626 g/mol. The highest BCUT2D eigenvalue weighted by atomic mass is 79.9. The van der Waals surface area contributed by atoms with E-state index in [0.29, 0.717) is 23.7 Å². The minimum Gasteiger partial charge on any atom is -0.382 e. The predicted molar refractivity (Wildman–Crippen MR) is 172 cm³/mol. The van der Waals surface area contributed by atoms with Crippen LogP contribution in [0, 0.1) is 12.3 Å². The van der Waals surface area contributed by atoms with Gasteiger partial charge in [-0.2, -0.15) is 0 Å². The van der Waals surface area contributed by atoms with Crippen molar-refractivity contribution in [3.05, 3.63) is 61.0 Å². The van der Waals surface area contributed by atoms with Gasteiger partial charge in [0.2, 0.25) is 0 Å². The Morgan fingerprint density at radius 2 is 1.73 bits per heavy atom. The third-order valence-electron chi connectivity index (χ3n) is 8.74. The number of likely N-dealkylation sites (tertiary alicyclic amines) is 2. The van der Waals surface area contributed by atoms with Crippen LogP contribution < -0.4 is 16.2 Å². The minimum atomic E-state index is 0.0579. The Bertz CT molecular complexity index is 1210. The van der Waals surface area contributed by atoms with E-state index in [1.165, 1.54) is 82.7 Å². The van der Waals surface area contributed by atoms with Gasteiger partial charge >= 0.3 is 0 Å². The number of rotatable bonds is 9. The summed E-state index contributed by atoms with van der Waals surface area (Å²) in [7, 11) is 1.90. The average molecular weight is 628 g/mol. The molecule has 3 aliphatic rings. The summed E-state index contributed by atoms with van der Waals surface area (Å²) in [6, 6.07) is 7.07. The number of halogens is 1. The summed E-state index contributed by atoms with van der Waals surface area (Å²) in [6.07, 6.45) is 13.6. The zero-order valence-electron chi connectivity index (χ0n) is 24.7. The Labute approximate surface area is 253 Å². The summed E-state index contributed by atoms with van der Waals surface area (Å²) in [4.78, 5) is 31.4. The number of pyridine rings is 1. The zero-order valence-corrected chi connectivity index (χ0v) is 26.3. The van der Waals surface area contributed by atoms with E-state index in [1.54, 1.807) is 6.07 Å². The molecule has 2 aliphatic heterocycles. The molecule has 8 nitrogen and oxygen atoms in total. The lowest BCUT2D eigenvalue weighted by Crippen LogP contribution is -2.46. The molecule has 2 saturated heterocycles. The van der Waals surface area contributed by atoms with Gasteiger partial charge in [0.05, 0.1) is 0 Å². The number of nitrogens with one attached hydrogen (secondary N) is 4. The Kier molecular flexibility index (Phi) is 12.2. The molecule has 0 atom stereocenters. The highest BCUT2D eigenvalue weighted by molar-refractivity contribution is 9.10. The lowest BCUT2D eigenvalue weighted by molar-refractivity contribution is 0.0895. The molecule has 41 heavy (non-hydrogen) atoms. The molecule has 1 aromatic carbocycles. The summed E-state index contributed by atoms with van der Waals surface area (Å²) in [5.41, 5.74) is 5.19. The highest BCUT2D eigenvalue weighted by Crippen LogP contribution is 2.28. The van der Waals surface area contributed by atoms with Crippen molar-refractivity contribution in [1.29, 1.82) is 5.41 Å². The maximum atomic E-state index is 12.2. The van der Waals surface area contributed by atoms with Crippen molar-refractivity contribution in [2.45, 2.75) is 89.9 Å². The fraction of sp³-hybridized carbons (Fsp3) is 0.594. The Morgan fingerprint density at radius 1 is 1.02 bits per heavy atom. The number of carbonyl (C=O) groups is 1. The Morgan fingerprint density at radius 3 is 2.37 bits per heavy atom.